The first-order chi connectivity index (χ1) is 9.20. The monoisotopic (exact) mass is 263 g/mol. The maximum atomic E-state index is 12.7. The average Bonchev–Trinajstić information content (AvgIpc) is 2.41. The van der Waals surface area contributed by atoms with Crippen LogP contribution in [0.4, 0.5) is 10.2 Å². The quantitative estimate of drug-likeness (QED) is 0.859. The molecule has 2 rings (SSSR count). The summed E-state index contributed by atoms with van der Waals surface area (Å²) in [5.41, 5.74) is 0.666. The van der Waals surface area contributed by atoms with Crippen molar-refractivity contribution in [1.82, 2.24) is 9.97 Å². The molecule has 0 atom stereocenters. The highest BCUT2D eigenvalue weighted by atomic mass is 19.1. The zero-order valence-corrected chi connectivity index (χ0v) is 10.4. The molecule has 0 bridgehead atoms. The Kier molecular flexibility index (Phi) is 4.12. The number of hydrogen-bond donors (Lipinski definition) is 2. The Bertz CT molecular complexity index is 596. The van der Waals surface area contributed by atoms with Gasteiger partial charge in [0.15, 0.2) is 5.82 Å². The van der Waals surface area contributed by atoms with Gasteiger partial charge in [-0.3, -0.25) is 4.79 Å². The zero-order valence-electron chi connectivity index (χ0n) is 10.4. The first-order valence-electron chi connectivity index (χ1n) is 5.80. The molecule has 0 radical (unpaired) electrons. The minimum atomic E-state index is -0.332. The molecular formula is C13H14FN3O2. The molecule has 0 aliphatic carbocycles. The van der Waals surface area contributed by atoms with Crippen molar-refractivity contribution < 1.29 is 9.13 Å². The molecule has 0 aliphatic rings. The summed E-state index contributed by atoms with van der Waals surface area (Å²) >= 11 is 0. The van der Waals surface area contributed by atoms with Crippen LogP contribution in [-0.4, -0.2) is 23.6 Å². The number of benzene rings is 1. The summed E-state index contributed by atoms with van der Waals surface area (Å²) in [6.45, 7) is 0.568. The van der Waals surface area contributed by atoms with Crippen LogP contribution in [0.1, 0.15) is 5.56 Å². The Balaban J connectivity index is 1.98. The van der Waals surface area contributed by atoms with Gasteiger partial charge in [0, 0.05) is 6.54 Å². The molecular weight excluding hydrogens is 249 g/mol. The van der Waals surface area contributed by atoms with Crippen LogP contribution >= 0.6 is 0 Å². The molecule has 6 heteroatoms. The van der Waals surface area contributed by atoms with Crippen molar-refractivity contribution in [2.24, 2.45) is 0 Å². The molecule has 0 amide bonds. The van der Waals surface area contributed by atoms with E-state index in [-0.39, 0.29) is 17.1 Å². The van der Waals surface area contributed by atoms with Crippen LogP contribution in [0.25, 0.3) is 0 Å². The minimum absolute atomic E-state index is 0.154. The van der Waals surface area contributed by atoms with E-state index in [4.69, 9.17) is 4.74 Å². The van der Waals surface area contributed by atoms with Gasteiger partial charge in [-0.2, -0.15) is 0 Å². The van der Waals surface area contributed by atoms with Crippen molar-refractivity contribution in [3.8, 4) is 5.75 Å². The van der Waals surface area contributed by atoms with Gasteiger partial charge in [0.2, 0.25) is 5.75 Å². The highest BCUT2D eigenvalue weighted by Gasteiger charge is 2.07. The molecule has 1 heterocycles. The van der Waals surface area contributed by atoms with E-state index in [1.165, 1.54) is 25.6 Å². The highest BCUT2D eigenvalue weighted by molar-refractivity contribution is 5.47. The molecule has 0 saturated carbocycles. The third-order valence-electron chi connectivity index (χ3n) is 2.63. The number of nitrogens with zero attached hydrogens (tertiary/aromatic N) is 1. The summed E-state index contributed by atoms with van der Waals surface area (Å²) in [5, 5.41) is 3.02. The Labute approximate surface area is 109 Å². The van der Waals surface area contributed by atoms with Crippen LogP contribution in [0, 0.1) is 5.82 Å². The SMILES string of the molecule is COc1c(NCCc2ccc(F)cc2)nc[nH]c1=O. The first-order valence-corrected chi connectivity index (χ1v) is 5.80. The first kappa shape index (κ1) is 13.1. The number of hydrogen-bond acceptors (Lipinski definition) is 4. The fourth-order valence-electron chi connectivity index (χ4n) is 1.68. The predicted octanol–water partition coefficient (Wildman–Crippen LogP) is 1.57. The summed E-state index contributed by atoms with van der Waals surface area (Å²) < 4.78 is 17.7. The number of ether oxygens (including phenoxy) is 1. The molecule has 5 nitrogen and oxygen atoms in total. The van der Waals surface area contributed by atoms with Gasteiger partial charge in [0.25, 0.3) is 5.56 Å². The summed E-state index contributed by atoms with van der Waals surface area (Å²) in [4.78, 5) is 17.9. The molecule has 0 unspecified atom stereocenters. The number of aromatic nitrogens is 2. The van der Waals surface area contributed by atoms with E-state index < -0.39 is 0 Å². The Hall–Kier alpha value is -2.37. The molecule has 1 aromatic heterocycles. The lowest BCUT2D eigenvalue weighted by Crippen LogP contribution is -2.15. The van der Waals surface area contributed by atoms with Crippen molar-refractivity contribution >= 4 is 5.82 Å². The van der Waals surface area contributed by atoms with Gasteiger partial charge in [-0.25, -0.2) is 9.37 Å². The average molecular weight is 263 g/mol. The Morgan fingerprint density at radius 1 is 1.37 bits per heavy atom. The zero-order chi connectivity index (χ0) is 13.7. The van der Waals surface area contributed by atoms with Crippen LogP contribution < -0.4 is 15.6 Å². The van der Waals surface area contributed by atoms with Gasteiger partial charge in [-0.1, -0.05) is 12.1 Å². The van der Waals surface area contributed by atoms with Crippen LogP contribution in [0.2, 0.25) is 0 Å². The van der Waals surface area contributed by atoms with Crippen molar-refractivity contribution in [1.29, 1.82) is 0 Å². The van der Waals surface area contributed by atoms with Gasteiger partial charge in [-0.05, 0) is 24.1 Å². The van der Waals surface area contributed by atoms with Crippen molar-refractivity contribution in [2.75, 3.05) is 19.0 Å². The van der Waals surface area contributed by atoms with Gasteiger partial charge in [0.05, 0.1) is 13.4 Å². The summed E-state index contributed by atoms with van der Waals surface area (Å²) in [5.74, 6) is 0.296. The van der Waals surface area contributed by atoms with E-state index in [9.17, 15) is 9.18 Å². The lowest BCUT2D eigenvalue weighted by Gasteiger charge is -2.08. The smallest absolute Gasteiger partial charge is 0.295 e. The van der Waals surface area contributed by atoms with Crippen molar-refractivity contribution in [3.63, 3.8) is 0 Å². The molecule has 100 valence electrons. The second kappa shape index (κ2) is 5.99. The number of rotatable bonds is 5. The largest absolute Gasteiger partial charge is 0.489 e. The predicted molar refractivity (Wildman–Crippen MR) is 70.0 cm³/mol. The minimum Gasteiger partial charge on any atom is -0.489 e. The van der Waals surface area contributed by atoms with Crippen LogP contribution in [0.3, 0.4) is 0 Å². The standard InChI is InChI=1S/C13H14FN3O2/c1-19-11-12(16-8-17-13(11)18)15-7-6-9-2-4-10(14)5-3-9/h2-5,8H,6-7H2,1H3,(H2,15,16,17,18). The molecule has 0 saturated heterocycles. The van der Waals surface area contributed by atoms with Crippen molar-refractivity contribution in [2.45, 2.75) is 6.42 Å². The lowest BCUT2D eigenvalue weighted by molar-refractivity contribution is 0.408. The molecule has 2 aromatic rings. The van der Waals surface area contributed by atoms with Crippen molar-refractivity contribution in [3.05, 3.63) is 52.3 Å². The summed E-state index contributed by atoms with van der Waals surface area (Å²) in [6.07, 6.45) is 2.00. The van der Waals surface area contributed by atoms with Crippen LogP contribution in [-0.2, 0) is 6.42 Å². The second-order valence-corrected chi connectivity index (χ2v) is 3.92. The second-order valence-electron chi connectivity index (χ2n) is 3.92. The van der Waals surface area contributed by atoms with E-state index in [2.05, 4.69) is 15.3 Å². The molecule has 0 spiro atoms. The van der Waals surface area contributed by atoms with E-state index in [1.54, 1.807) is 12.1 Å². The lowest BCUT2D eigenvalue weighted by atomic mass is 10.1. The highest BCUT2D eigenvalue weighted by Crippen LogP contribution is 2.14. The number of halogens is 1. The summed E-state index contributed by atoms with van der Waals surface area (Å²) in [7, 11) is 1.41. The number of nitrogens with one attached hydrogen (secondary N) is 2. The van der Waals surface area contributed by atoms with E-state index >= 15 is 0 Å². The number of aromatic amines is 1. The molecule has 19 heavy (non-hydrogen) atoms. The third kappa shape index (κ3) is 3.31. The van der Waals surface area contributed by atoms with E-state index in [0.29, 0.717) is 18.8 Å². The van der Waals surface area contributed by atoms with E-state index in [1.807, 2.05) is 0 Å². The third-order valence-corrected chi connectivity index (χ3v) is 2.63. The molecule has 0 aliphatic heterocycles. The van der Waals surface area contributed by atoms with Gasteiger partial charge in [0.1, 0.15) is 5.82 Å². The number of H-pyrrole nitrogens is 1. The maximum absolute atomic E-state index is 12.7. The normalized spacial score (nSPS) is 10.2. The fourth-order valence-corrected chi connectivity index (χ4v) is 1.68. The Morgan fingerprint density at radius 2 is 2.11 bits per heavy atom. The van der Waals surface area contributed by atoms with E-state index in [0.717, 1.165) is 5.56 Å². The number of anilines is 1. The molecule has 2 N–H and O–H groups in total. The molecule has 0 fully saturated rings. The Morgan fingerprint density at radius 3 is 2.79 bits per heavy atom. The molecule has 1 aromatic carbocycles. The fraction of sp³-hybridized carbons (Fsp3) is 0.231. The topological polar surface area (TPSA) is 67.0 Å². The maximum Gasteiger partial charge on any atom is 0.295 e. The van der Waals surface area contributed by atoms with Gasteiger partial charge in [-0.15, -0.1) is 0 Å². The van der Waals surface area contributed by atoms with Crippen LogP contribution in [0.5, 0.6) is 5.75 Å². The van der Waals surface area contributed by atoms with Gasteiger partial charge < -0.3 is 15.0 Å². The van der Waals surface area contributed by atoms with Gasteiger partial charge >= 0.3 is 0 Å². The number of methoxy groups -OCH3 is 1. The van der Waals surface area contributed by atoms with Crippen LogP contribution in [0.15, 0.2) is 35.4 Å². The summed E-state index contributed by atoms with van der Waals surface area (Å²) in [6, 6.07) is 6.28.